The number of fused-ring (bicyclic) bond motifs is 1. The van der Waals surface area contributed by atoms with Gasteiger partial charge in [0.1, 0.15) is 5.75 Å². The summed E-state index contributed by atoms with van der Waals surface area (Å²) in [4.78, 5) is 14.4. The van der Waals surface area contributed by atoms with Gasteiger partial charge in [0.05, 0.1) is 21.3 Å². The molecule has 0 aliphatic carbocycles. The first kappa shape index (κ1) is 18.9. The van der Waals surface area contributed by atoms with Crippen LogP contribution in [0, 0.1) is 0 Å². The Bertz CT molecular complexity index is 807. The molecule has 2 aromatic rings. The Morgan fingerprint density at radius 3 is 2.37 bits per heavy atom. The molecule has 0 atom stereocenters. The molecule has 1 aliphatic heterocycles. The van der Waals surface area contributed by atoms with Crippen molar-refractivity contribution in [3.63, 3.8) is 0 Å². The van der Waals surface area contributed by atoms with Crippen LogP contribution in [0.5, 0.6) is 17.2 Å². The third-order valence-corrected chi connectivity index (χ3v) is 4.87. The molecule has 0 saturated carbocycles. The van der Waals surface area contributed by atoms with Crippen LogP contribution in [0.15, 0.2) is 36.4 Å². The molecule has 0 spiro atoms. The van der Waals surface area contributed by atoms with E-state index in [-0.39, 0.29) is 6.03 Å². The van der Waals surface area contributed by atoms with E-state index < -0.39 is 0 Å². The van der Waals surface area contributed by atoms with E-state index in [4.69, 9.17) is 14.2 Å². The molecule has 0 bridgehead atoms. The Labute approximate surface area is 160 Å². The molecule has 27 heavy (non-hydrogen) atoms. The van der Waals surface area contributed by atoms with Crippen LogP contribution in [0.3, 0.4) is 0 Å². The summed E-state index contributed by atoms with van der Waals surface area (Å²) < 4.78 is 16.1. The fourth-order valence-electron chi connectivity index (χ4n) is 3.38. The van der Waals surface area contributed by atoms with Gasteiger partial charge >= 0.3 is 6.03 Å². The van der Waals surface area contributed by atoms with Crippen molar-refractivity contribution in [3.05, 3.63) is 53.1 Å². The van der Waals surface area contributed by atoms with Crippen molar-refractivity contribution in [3.8, 4) is 17.2 Å². The maximum atomic E-state index is 12.6. The minimum Gasteiger partial charge on any atom is -0.496 e. The summed E-state index contributed by atoms with van der Waals surface area (Å²) >= 11 is 0. The molecule has 0 saturated heterocycles. The number of rotatable bonds is 6. The largest absolute Gasteiger partial charge is 0.496 e. The van der Waals surface area contributed by atoms with Gasteiger partial charge in [0.15, 0.2) is 11.5 Å². The monoisotopic (exact) mass is 370 g/mol. The highest BCUT2D eigenvalue weighted by molar-refractivity contribution is 5.74. The molecule has 0 unspecified atom stereocenters. The number of hydrogen-bond donors (Lipinski definition) is 1. The van der Waals surface area contributed by atoms with Gasteiger partial charge in [-0.25, -0.2) is 4.79 Å². The molecule has 0 aromatic heterocycles. The Morgan fingerprint density at radius 1 is 1.00 bits per heavy atom. The van der Waals surface area contributed by atoms with E-state index in [1.165, 1.54) is 5.56 Å². The van der Waals surface area contributed by atoms with Gasteiger partial charge in [-0.1, -0.05) is 18.2 Å². The molecule has 2 amide bonds. The standard InChI is InChI=1S/C21H26N2O4/c1-25-18-7-5-4-6-15(18)8-10-22-21(24)23-11-9-16-12-19(26-2)20(27-3)13-17(16)14-23/h4-7,12-13H,8-11,14H2,1-3H3,(H,22,24). The van der Waals surface area contributed by atoms with E-state index in [0.29, 0.717) is 25.4 Å². The van der Waals surface area contributed by atoms with Gasteiger partial charge in [0.2, 0.25) is 0 Å². The minimum absolute atomic E-state index is 0.0506. The van der Waals surface area contributed by atoms with E-state index in [0.717, 1.165) is 35.5 Å². The number of carbonyl (C=O) groups excluding carboxylic acids is 1. The van der Waals surface area contributed by atoms with Crippen LogP contribution in [-0.2, 0) is 19.4 Å². The lowest BCUT2D eigenvalue weighted by molar-refractivity contribution is 0.192. The molecule has 1 N–H and O–H groups in total. The van der Waals surface area contributed by atoms with Crippen LogP contribution in [0.2, 0.25) is 0 Å². The zero-order valence-corrected chi connectivity index (χ0v) is 16.1. The Balaban J connectivity index is 1.59. The number of ether oxygens (including phenoxy) is 3. The Hall–Kier alpha value is -2.89. The Kier molecular flexibility index (Phi) is 6.06. The average Bonchev–Trinajstić information content (AvgIpc) is 2.72. The number of para-hydroxylation sites is 1. The van der Waals surface area contributed by atoms with Gasteiger partial charge in [0.25, 0.3) is 0 Å². The minimum atomic E-state index is -0.0506. The maximum Gasteiger partial charge on any atom is 0.317 e. The first-order chi connectivity index (χ1) is 13.2. The van der Waals surface area contributed by atoms with E-state index in [2.05, 4.69) is 5.32 Å². The van der Waals surface area contributed by atoms with Gasteiger partial charge in [-0.3, -0.25) is 0 Å². The summed E-state index contributed by atoms with van der Waals surface area (Å²) in [6.07, 6.45) is 1.53. The second-order valence-electron chi connectivity index (χ2n) is 6.44. The van der Waals surface area contributed by atoms with Crippen molar-refractivity contribution in [2.24, 2.45) is 0 Å². The fraction of sp³-hybridized carbons (Fsp3) is 0.381. The molecule has 1 aliphatic rings. The SMILES string of the molecule is COc1ccccc1CCNC(=O)N1CCc2cc(OC)c(OC)cc2C1. The van der Waals surface area contributed by atoms with E-state index in [1.54, 1.807) is 21.3 Å². The van der Waals surface area contributed by atoms with Crippen LogP contribution < -0.4 is 19.5 Å². The van der Waals surface area contributed by atoms with Crippen LogP contribution in [-0.4, -0.2) is 45.3 Å². The van der Waals surface area contributed by atoms with Crippen molar-refractivity contribution in [2.45, 2.75) is 19.4 Å². The predicted octanol–water partition coefficient (Wildman–Crippen LogP) is 3.02. The number of carbonyl (C=O) groups is 1. The third-order valence-electron chi connectivity index (χ3n) is 4.87. The van der Waals surface area contributed by atoms with Crippen LogP contribution in [0.1, 0.15) is 16.7 Å². The fourth-order valence-corrected chi connectivity index (χ4v) is 3.38. The third kappa shape index (κ3) is 4.27. The van der Waals surface area contributed by atoms with Gasteiger partial charge in [0, 0.05) is 19.6 Å². The molecule has 6 nitrogen and oxygen atoms in total. The van der Waals surface area contributed by atoms with Crippen molar-refractivity contribution < 1.29 is 19.0 Å². The number of hydrogen-bond acceptors (Lipinski definition) is 4. The number of nitrogens with one attached hydrogen (secondary N) is 1. The molecule has 0 radical (unpaired) electrons. The highest BCUT2D eigenvalue weighted by atomic mass is 16.5. The van der Waals surface area contributed by atoms with Gasteiger partial charge in [-0.05, 0) is 47.7 Å². The smallest absolute Gasteiger partial charge is 0.317 e. The number of nitrogens with zero attached hydrogens (tertiary/aromatic N) is 1. The molecule has 0 fully saturated rings. The van der Waals surface area contributed by atoms with Crippen molar-refractivity contribution in [2.75, 3.05) is 34.4 Å². The van der Waals surface area contributed by atoms with Crippen LogP contribution >= 0.6 is 0 Å². The first-order valence-corrected chi connectivity index (χ1v) is 9.04. The number of benzene rings is 2. The zero-order valence-electron chi connectivity index (χ0n) is 16.1. The molecular weight excluding hydrogens is 344 g/mol. The highest BCUT2D eigenvalue weighted by Gasteiger charge is 2.22. The van der Waals surface area contributed by atoms with E-state index in [9.17, 15) is 4.79 Å². The Morgan fingerprint density at radius 2 is 1.67 bits per heavy atom. The maximum absolute atomic E-state index is 12.6. The van der Waals surface area contributed by atoms with E-state index >= 15 is 0 Å². The van der Waals surface area contributed by atoms with Crippen molar-refractivity contribution in [1.29, 1.82) is 0 Å². The topological polar surface area (TPSA) is 60.0 Å². The summed E-state index contributed by atoms with van der Waals surface area (Å²) in [7, 11) is 4.91. The number of amides is 2. The zero-order chi connectivity index (χ0) is 19.2. The summed E-state index contributed by atoms with van der Waals surface area (Å²) in [6.45, 7) is 1.81. The number of urea groups is 1. The predicted molar refractivity (Wildman–Crippen MR) is 104 cm³/mol. The molecule has 3 rings (SSSR count). The number of methoxy groups -OCH3 is 3. The summed E-state index contributed by atoms with van der Waals surface area (Å²) in [5.74, 6) is 2.26. The van der Waals surface area contributed by atoms with Gasteiger partial charge < -0.3 is 24.4 Å². The summed E-state index contributed by atoms with van der Waals surface area (Å²) in [6, 6.07) is 11.8. The van der Waals surface area contributed by atoms with E-state index in [1.807, 2.05) is 41.3 Å². The lowest BCUT2D eigenvalue weighted by atomic mass is 9.99. The molecular formula is C21H26N2O4. The van der Waals surface area contributed by atoms with Crippen molar-refractivity contribution >= 4 is 6.03 Å². The second-order valence-corrected chi connectivity index (χ2v) is 6.44. The molecule has 2 aromatic carbocycles. The van der Waals surface area contributed by atoms with Gasteiger partial charge in [-0.15, -0.1) is 0 Å². The summed E-state index contributed by atoms with van der Waals surface area (Å²) in [5, 5.41) is 3.01. The van der Waals surface area contributed by atoms with Crippen LogP contribution in [0.4, 0.5) is 4.79 Å². The molecule has 144 valence electrons. The van der Waals surface area contributed by atoms with Crippen molar-refractivity contribution in [1.82, 2.24) is 10.2 Å². The average molecular weight is 370 g/mol. The second kappa shape index (κ2) is 8.66. The molecule has 6 heteroatoms. The van der Waals surface area contributed by atoms with Crippen LogP contribution in [0.25, 0.3) is 0 Å². The molecule has 1 heterocycles. The highest BCUT2D eigenvalue weighted by Crippen LogP contribution is 2.33. The summed E-state index contributed by atoms with van der Waals surface area (Å²) in [5.41, 5.74) is 3.38. The first-order valence-electron chi connectivity index (χ1n) is 9.04. The van der Waals surface area contributed by atoms with Gasteiger partial charge in [-0.2, -0.15) is 0 Å². The normalized spacial score (nSPS) is 12.9. The quantitative estimate of drug-likeness (QED) is 0.849. The lowest BCUT2D eigenvalue weighted by Crippen LogP contribution is -2.43. The lowest BCUT2D eigenvalue weighted by Gasteiger charge is -2.29.